The number of hydrogen-bond acceptors (Lipinski definition) is 2. The lowest BCUT2D eigenvalue weighted by molar-refractivity contribution is 0.765. The fraction of sp³-hybridized carbons (Fsp3) is 0.357. The number of rotatable bonds is 3. The molecule has 1 aromatic heterocycles. The molecule has 0 atom stereocenters. The van der Waals surface area contributed by atoms with Crippen molar-refractivity contribution < 1.29 is 0 Å². The third-order valence-corrected chi connectivity index (χ3v) is 3.05. The van der Waals surface area contributed by atoms with Crippen LogP contribution in [0.2, 0.25) is 0 Å². The fourth-order valence-corrected chi connectivity index (χ4v) is 1.99. The number of nitrogens with zero attached hydrogens (tertiary/aromatic N) is 2. The largest absolute Gasteiger partial charge is 0.316 e. The van der Waals surface area contributed by atoms with E-state index in [1.807, 2.05) is 18.8 Å². The first kappa shape index (κ1) is 11.9. The quantitative estimate of drug-likeness (QED) is 0.876. The summed E-state index contributed by atoms with van der Waals surface area (Å²) in [7, 11) is 3.92. The van der Waals surface area contributed by atoms with E-state index in [-0.39, 0.29) is 0 Å². The van der Waals surface area contributed by atoms with Gasteiger partial charge in [-0.3, -0.25) is 4.68 Å². The van der Waals surface area contributed by atoms with Gasteiger partial charge in [-0.25, -0.2) is 0 Å². The summed E-state index contributed by atoms with van der Waals surface area (Å²) < 4.78 is 1.87. The zero-order valence-corrected chi connectivity index (χ0v) is 10.9. The number of benzene rings is 1. The zero-order valence-electron chi connectivity index (χ0n) is 10.9. The SMILES string of the molecule is CNCc1cn(C)nc1-c1ccc(C)c(C)c1. The summed E-state index contributed by atoms with van der Waals surface area (Å²) in [6, 6.07) is 6.50. The monoisotopic (exact) mass is 229 g/mol. The highest BCUT2D eigenvalue weighted by molar-refractivity contribution is 5.64. The van der Waals surface area contributed by atoms with E-state index < -0.39 is 0 Å². The smallest absolute Gasteiger partial charge is 0.0968 e. The second-order valence-corrected chi connectivity index (χ2v) is 4.51. The molecule has 1 aromatic carbocycles. The minimum absolute atomic E-state index is 0.843. The average molecular weight is 229 g/mol. The Kier molecular flexibility index (Phi) is 3.29. The molecule has 0 saturated heterocycles. The summed E-state index contributed by atoms with van der Waals surface area (Å²) >= 11 is 0. The van der Waals surface area contributed by atoms with Crippen molar-refractivity contribution in [2.75, 3.05) is 7.05 Å². The van der Waals surface area contributed by atoms with Crippen molar-refractivity contribution in [2.45, 2.75) is 20.4 Å². The molecule has 0 radical (unpaired) electrons. The summed E-state index contributed by atoms with van der Waals surface area (Å²) in [5.74, 6) is 0. The van der Waals surface area contributed by atoms with Gasteiger partial charge in [0, 0.05) is 30.9 Å². The molecule has 2 aromatic rings. The van der Waals surface area contributed by atoms with Gasteiger partial charge in [0.25, 0.3) is 0 Å². The first-order chi connectivity index (χ1) is 8.11. The minimum atomic E-state index is 0.843. The van der Waals surface area contributed by atoms with Crippen LogP contribution in [0.1, 0.15) is 16.7 Å². The third kappa shape index (κ3) is 2.39. The van der Waals surface area contributed by atoms with E-state index in [1.165, 1.54) is 22.3 Å². The van der Waals surface area contributed by atoms with Gasteiger partial charge < -0.3 is 5.32 Å². The summed E-state index contributed by atoms with van der Waals surface area (Å²) in [6.07, 6.45) is 2.07. The van der Waals surface area contributed by atoms with E-state index >= 15 is 0 Å². The molecule has 0 bridgehead atoms. The van der Waals surface area contributed by atoms with E-state index in [2.05, 4.69) is 48.7 Å². The molecular formula is C14H19N3. The Morgan fingerprint density at radius 2 is 2.00 bits per heavy atom. The van der Waals surface area contributed by atoms with Gasteiger partial charge in [-0.2, -0.15) is 5.10 Å². The van der Waals surface area contributed by atoms with Gasteiger partial charge in [-0.1, -0.05) is 12.1 Å². The summed E-state index contributed by atoms with van der Waals surface area (Å²) in [4.78, 5) is 0. The van der Waals surface area contributed by atoms with Gasteiger partial charge in [-0.05, 0) is 38.1 Å². The standard InChI is InChI=1S/C14H19N3/c1-10-5-6-12(7-11(10)2)14-13(8-15-3)9-17(4)16-14/h5-7,9,15H,8H2,1-4H3. The van der Waals surface area contributed by atoms with Gasteiger partial charge >= 0.3 is 0 Å². The van der Waals surface area contributed by atoms with Gasteiger partial charge in [0.15, 0.2) is 0 Å². The molecule has 0 spiro atoms. The molecule has 0 aliphatic rings. The molecule has 3 heteroatoms. The maximum Gasteiger partial charge on any atom is 0.0968 e. The van der Waals surface area contributed by atoms with Crippen molar-refractivity contribution in [3.05, 3.63) is 41.1 Å². The molecule has 90 valence electrons. The summed E-state index contributed by atoms with van der Waals surface area (Å²) in [6.45, 7) is 5.11. The lowest BCUT2D eigenvalue weighted by Crippen LogP contribution is -2.05. The fourth-order valence-electron chi connectivity index (χ4n) is 1.99. The van der Waals surface area contributed by atoms with Crippen LogP contribution in [0.25, 0.3) is 11.3 Å². The molecule has 0 fully saturated rings. The Hall–Kier alpha value is -1.61. The van der Waals surface area contributed by atoms with Crippen LogP contribution >= 0.6 is 0 Å². The van der Waals surface area contributed by atoms with Crippen LogP contribution in [0.3, 0.4) is 0 Å². The molecule has 2 rings (SSSR count). The first-order valence-electron chi connectivity index (χ1n) is 5.86. The molecule has 1 heterocycles. The Morgan fingerprint density at radius 1 is 1.24 bits per heavy atom. The van der Waals surface area contributed by atoms with Crippen LogP contribution < -0.4 is 5.32 Å². The van der Waals surface area contributed by atoms with Crippen molar-refractivity contribution in [1.82, 2.24) is 15.1 Å². The Morgan fingerprint density at radius 3 is 2.65 bits per heavy atom. The predicted octanol–water partition coefficient (Wildman–Crippen LogP) is 2.42. The maximum atomic E-state index is 4.55. The summed E-state index contributed by atoms with van der Waals surface area (Å²) in [5, 5.41) is 7.73. The first-order valence-corrected chi connectivity index (χ1v) is 5.86. The predicted molar refractivity (Wildman–Crippen MR) is 70.9 cm³/mol. The minimum Gasteiger partial charge on any atom is -0.316 e. The van der Waals surface area contributed by atoms with Gasteiger partial charge in [0.1, 0.15) is 0 Å². The number of aromatic nitrogens is 2. The van der Waals surface area contributed by atoms with E-state index in [9.17, 15) is 0 Å². The topological polar surface area (TPSA) is 29.9 Å². The number of nitrogens with one attached hydrogen (secondary N) is 1. The van der Waals surface area contributed by atoms with Crippen molar-refractivity contribution in [2.24, 2.45) is 7.05 Å². The van der Waals surface area contributed by atoms with E-state index in [4.69, 9.17) is 0 Å². The maximum absolute atomic E-state index is 4.55. The van der Waals surface area contributed by atoms with Crippen LogP contribution in [0.4, 0.5) is 0 Å². The van der Waals surface area contributed by atoms with Gasteiger partial charge in [0.05, 0.1) is 5.69 Å². The molecule has 1 N–H and O–H groups in total. The highest BCUT2D eigenvalue weighted by Crippen LogP contribution is 2.24. The number of hydrogen-bond donors (Lipinski definition) is 1. The lowest BCUT2D eigenvalue weighted by Gasteiger charge is -2.05. The van der Waals surface area contributed by atoms with Crippen LogP contribution in [0.15, 0.2) is 24.4 Å². The molecule has 0 unspecified atom stereocenters. The van der Waals surface area contributed by atoms with Gasteiger partial charge in [0.2, 0.25) is 0 Å². The Bertz CT molecular complexity index is 526. The molecule has 0 amide bonds. The molecule has 0 aliphatic heterocycles. The van der Waals surface area contributed by atoms with Crippen molar-refractivity contribution >= 4 is 0 Å². The van der Waals surface area contributed by atoms with Crippen molar-refractivity contribution in [1.29, 1.82) is 0 Å². The molecule has 3 nitrogen and oxygen atoms in total. The van der Waals surface area contributed by atoms with Crippen LogP contribution in [-0.2, 0) is 13.6 Å². The van der Waals surface area contributed by atoms with Crippen molar-refractivity contribution in [3.63, 3.8) is 0 Å². The summed E-state index contributed by atoms with van der Waals surface area (Å²) in [5.41, 5.74) is 6.13. The van der Waals surface area contributed by atoms with E-state index in [0.29, 0.717) is 0 Å². The highest BCUT2D eigenvalue weighted by atomic mass is 15.3. The second-order valence-electron chi connectivity index (χ2n) is 4.51. The molecule has 0 aliphatic carbocycles. The van der Waals surface area contributed by atoms with Crippen molar-refractivity contribution in [3.8, 4) is 11.3 Å². The average Bonchev–Trinajstić information content (AvgIpc) is 2.64. The van der Waals surface area contributed by atoms with Crippen LogP contribution in [0.5, 0.6) is 0 Å². The lowest BCUT2D eigenvalue weighted by atomic mass is 10.0. The second kappa shape index (κ2) is 4.72. The van der Waals surface area contributed by atoms with Crippen LogP contribution in [0, 0.1) is 13.8 Å². The Balaban J connectivity index is 2.47. The molecular weight excluding hydrogens is 210 g/mol. The van der Waals surface area contributed by atoms with E-state index in [0.717, 1.165) is 12.2 Å². The third-order valence-electron chi connectivity index (χ3n) is 3.05. The van der Waals surface area contributed by atoms with Crippen LogP contribution in [-0.4, -0.2) is 16.8 Å². The zero-order chi connectivity index (χ0) is 12.4. The number of aryl methyl sites for hydroxylation is 3. The van der Waals surface area contributed by atoms with Gasteiger partial charge in [-0.15, -0.1) is 0 Å². The molecule has 0 saturated carbocycles. The molecule has 17 heavy (non-hydrogen) atoms. The van der Waals surface area contributed by atoms with E-state index in [1.54, 1.807) is 0 Å². The normalized spacial score (nSPS) is 10.8. The Labute approximate surface area is 102 Å². The highest BCUT2D eigenvalue weighted by Gasteiger charge is 2.09.